The van der Waals surface area contributed by atoms with E-state index in [9.17, 15) is 14.9 Å². The average molecular weight is 382 g/mol. The molecule has 0 spiro atoms. The quantitative estimate of drug-likeness (QED) is 0.415. The number of anilines is 1. The first-order valence-corrected chi connectivity index (χ1v) is 9.71. The lowest BCUT2D eigenvalue weighted by molar-refractivity contribution is -0.384. The van der Waals surface area contributed by atoms with E-state index >= 15 is 0 Å². The number of fused-ring (bicyclic) bond motifs is 1. The molecule has 0 radical (unpaired) electrons. The van der Waals surface area contributed by atoms with Gasteiger partial charge in [0.15, 0.2) is 0 Å². The molecular formula is C21H22N2O3S. The predicted molar refractivity (Wildman–Crippen MR) is 111 cm³/mol. The molecule has 0 atom stereocenters. The van der Waals surface area contributed by atoms with Crippen molar-refractivity contribution in [3.05, 3.63) is 68.6 Å². The third-order valence-corrected chi connectivity index (χ3v) is 5.66. The standard InChI is InChI=1S/C21H22N2O3S/c1-12(2)16-6-5-7-17(13(3)4)20(16)22-21(24)19-11-14-10-15(23(25)26)8-9-18(14)27-19/h5-13H,1-4H3,(H,22,24). The third-order valence-electron chi connectivity index (χ3n) is 4.55. The molecule has 6 heteroatoms. The van der Waals surface area contributed by atoms with Gasteiger partial charge >= 0.3 is 0 Å². The Hall–Kier alpha value is -2.73. The van der Waals surface area contributed by atoms with Gasteiger partial charge in [0.1, 0.15) is 0 Å². The summed E-state index contributed by atoms with van der Waals surface area (Å²) < 4.78 is 0.854. The summed E-state index contributed by atoms with van der Waals surface area (Å²) in [6.07, 6.45) is 0. The van der Waals surface area contributed by atoms with E-state index in [4.69, 9.17) is 0 Å². The van der Waals surface area contributed by atoms with Crippen molar-refractivity contribution >= 4 is 38.7 Å². The number of nitro groups is 1. The fraction of sp³-hybridized carbons (Fsp3) is 0.286. The van der Waals surface area contributed by atoms with Gasteiger partial charge in [0, 0.05) is 27.9 Å². The number of benzene rings is 2. The van der Waals surface area contributed by atoms with E-state index in [1.54, 1.807) is 12.1 Å². The van der Waals surface area contributed by atoms with Crippen LogP contribution in [0.15, 0.2) is 42.5 Å². The van der Waals surface area contributed by atoms with Crippen molar-refractivity contribution in [3.8, 4) is 0 Å². The third kappa shape index (κ3) is 3.85. The Morgan fingerprint density at radius 3 is 2.22 bits per heavy atom. The maximum Gasteiger partial charge on any atom is 0.270 e. The number of hydrogen-bond acceptors (Lipinski definition) is 4. The van der Waals surface area contributed by atoms with Crippen LogP contribution in [0, 0.1) is 10.1 Å². The molecule has 1 heterocycles. The van der Waals surface area contributed by atoms with E-state index in [0.717, 1.165) is 21.5 Å². The summed E-state index contributed by atoms with van der Waals surface area (Å²) in [6.45, 7) is 8.42. The zero-order valence-electron chi connectivity index (χ0n) is 15.8. The number of nitro benzene ring substituents is 1. The lowest BCUT2D eigenvalue weighted by Gasteiger charge is -2.19. The summed E-state index contributed by atoms with van der Waals surface area (Å²) >= 11 is 1.34. The second-order valence-corrected chi connectivity index (χ2v) is 8.25. The van der Waals surface area contributed by atoms with E-state index < -0.39 is 4.92 Å². The van der Waals surface area contributed by atoms with Gasteiger partial charge in [-0.15, -0.1) is 11.3 Å². The molecule has 0 fully saturated rings. The summed E-state index contributed by atoms with van der Waals surface area (Å²) in [5, 5.41) is 14.8. The van der Waals surface area contributed by atoms with Crippen LogP contribution in [0.2, 0.25) is 0 Å². The molecule has 3 aromatic rings. The van der Waals surface area contributed by atoms with Crippen LogP contribution in [0.1, 0.15) is 60.3 Å². The molecule has 1 amide bonds. The highest BCUT2D eigenvalue weighted by atomic mass is 32.1. The molecule has 1 N–H and O–H groups in total. The Balaban J connectivity index is 1.98. The second-order valence-electron chi connectivity index (χ2n) is 7.16. The minimum Gasteiger partial charge on any atom is -0.321 e. The van der Waals surface area contributed by atoms with Gasteiger partial charge < -0.3 is 5.32 Å². The van der Waals surface area contributed by atoms with Crippen molar-refractivity contribution in [2.24, 2.45) is 0 Å². The minimum atomic E-state index is -0.426. The molecule has 2 aromatic carbocycles. The van der Waals surface area contributed by atoms with E-state index in [1.165, 1.54) is 23.5 Å². The van der Waals surface area contributed by atoms with Crippen molar-refractivity contribution in [2.45, 2.75) is 39.5 Å². The first-order valence-electron chi connectivity index (χ1n) is 8.90. The van der Waals surface area contributed by atoms with E-state index in [-0.39, 0.29) is 23.4 Å². The first kappa shape index (κ1) is 19.0. The smallest absolute Gasteiger partial charge is 0.270 e. The van der Waals surface area contributed by atoms with E-state index in [1.807, 2.05) is 18.2 Å². The number of non-ortho nitro benzene ring substituents is 1. The Bertz CT molecular complexity index is 995. The summed E-state index contributed by atoms with van der Waals surface area (Å²) in [6, 6.07) is 12.5. The molecular weight excluding hydrogens is 360 g/mol. The molecule has 0 unspecified atom stereocenters. The number of para-hydroxylation sites is 1. The van der Waals surface area contributed by atoms with Crippen molar-refractivity contribution in [2.75, 3.05) is 5.32 Å². The SMILES string of the molecule is CC(C)c1cccc(C(C)C)c1NC(=O)c1cc2cc([N+](=O)[O-])ccc2s1. The highest BCUT2D eigenvalue weighted by Crippen LogP contribution is 2.34. The fourth-order valence-electron chi connectivity index (χ4n) is 3.13. The largest absolute Gasteiger partial charge is 0.321 e. The molecule has 5 nitrogen and oxygen atoms in total. The molecule has 0 aliphatic heterocycles. The van der Waals surface area contributed by atoms with E-state index in [0.29, 0.717) is 10.3 Å². The fourth-order valence-corrected chi connectivity index (χ4v) is 4.07. The molecule has 27 heavy (non-hydrogen) atoms. The van der Waals surface area contributed by atoms with Crippen molar-refractivity contribution in [1.29, 1.82) is 0 Å². The number of nitrogens with zero attached hydrogens (tertiary/aromatic N) is 1. The van der Waals surface area contributed by atoms with Crippen LogP contribution < -0.4 is 5.32 Å². The molecule has 0 aliphatic rings. The second kappa shape index (κ2) is 7.48. The highest BCUT2D eigenvalue weighted by Gasteiger charge is 2.18. The lowest BCUT2D eigenvalue weighted by atomic mass is 9.92. The minimum absolute atomic E-state index is 0.0273. The Labute approximate surface area is 162 Å². The average Bonchev–Trinajstić information content (AvgIpc) is 3.04. The Kier molecular flexibility index (Phi) is 5.28. The van der Waals surface area contributed by atoms with Crippen LogP contribution in [0.3, 0.4) is 0 Å². The molecule has 3 rings (SSSR count). The summed E-state index contributed by atoms with van der Waals surface area (Å²) in [7, 11) is 0. The van der Waals surface area contributed by atoms with Crippen LogP contribution in [0.25, 0.3) is 10.1 Å². The maximum absolute atomic E-state index is 12.9. The van der Waals surface area contributed by atoms with Gasteiger partial charge in [-0.3, -0.25) is 14.9 Å². The zero-order chi connectivity index (χ0) is 19.7. The van der Waals surface area contributed by atoms with Gasteiger partial charge in [-0.05, 0) is 35.1 Å². The lowest BCUT2D eigenvalue weighted by Crippen LogP contribution is -2.14. The van der Waals surface area contributed by atoms with Crippen LogP contribution in [-0.2, 0) is 0 Å². The molecule has 0 aliphatic carbocycles. The predicted octanol–water partition coefficient (Wildman–Crippen LogP) is 6.31. The summed E-state index contributed by atoms with van der Waals surface area (Å²) in [5.41, 5.74) is 3.10. The summed E-state index contributed by atoms with van der Waals surface area (Å²) in [4.78, 5) is 24.0. The van der Waals surface area contributed by atoms with Crippen LogP contribution in [0.5, 0.6) is 0 Å². The topological polar surface area (TPSA) is 72.2 Å². The molecule has 0 saturated carbocycles. The van der Waals surface area contributed by atoms with Gasteiger partial charge in [-0.1, -0.05) is 45.9 Å². The van der Waals surface area contributed by atoms with Crippen LogP contribution >= 0.6 is 11.3 Å². The number of rotatable bonds is 5. The van der Waals surface area contributed by atoms with Gasteiger partial charge in [0.25, 0.3) is 11.6 Å². The van der Waals surface area contributed by atoms with Gasteiger partial charge in [0.05, 0.1) is 9.80 Å². The van der Waals surface area contributed by atoms with Crippen molar-refractivity contribution in [3.63, 3.8) is 0 Å². The Morgan fingerprint density at radius 1 is 1.04 bits per heavy atom. The van der Waals surface area contributed by atoms with Crippen LogP contribution in [-0.4, -0.2) is 10.8 Å². The number of amides is 1. The summed E-state index contributed by atoms with van der Waals surface area (Å²) in [5.74, 6) is 0.377. The number of carbonyl (C=O) groups is 1. The maximum atomic E-state index is 12.9. The van der Waals surface area contributed by atoms with Crippen molar-refractivity contribution < 1.29 is 9.72 Å². The Morgan fingerprint density at radius 2 is 1.67 bits per heavy atom. The van der Waals surface area contributed by atoms with Crippen molar-refractivity contribution in [1.82, 2.24) is 0 Å². The number of thiophene rings is 1. The molecule has 140 valence electrons. The molecule has 0 saturated heterocycles. The monoisotopic (exact) mass is 382 g/mol. The molecule has 1 aromatic heterocycles. The first-order chi connectivity index (χ1) is 12.8. The van der Waals surface area contributed by atoms with Gasteiger partial charge in [-0.2, -0.15) is 0 Å². The van der Waals surface area contributed by atoms with Crippen LogP contribution in [0.4, 0.5) is 11.4 Å². The zero-order valence-corrected chi connectivity index (χ0v) is 16.6. The normalized spacial score (nSPS) is 11.3. The highest BCUT2D eigenvalue weighted by molar-refractivity contribution is 7.20. The number of hydrogen-bond donors (Lipinski definition) is 1. The number of nitrogens with one attached hydrogen (secondary N) is 1. The van der Waals surface area contributed by atoms with Gasteiger partial charge in [-0.25, -0.2) is 0 Å². The number of carbonyl (C=O) groups excluding carboxylic acids is 1. The molecule has 0 bridgehead atoms. The van der Waals surface area contributed by atoms with E-state index in [2.05, 4.69) is 33.0 Å². The van der Waals surface area contributed by atoms with Gasteiger partial charge in [0.2, 0.25) is 0 Å².